The Kier molecular flexibility index (Phi) is 4.66. The van der Waals surface area contributed by atoms with Gasteiger partial charge in [0.1, 0.15) is 0 Å². The molecule has 2 heteroatoms. The number of nitrogens with zero attached hydrogens (tertiary/aromatic N) is 1. The van der Waals surface area contributed by atoms with Crippen LogP contribution >= 0.6 is 0 Å². The summed E-state index contributed by atoms with van der Waals surface area (Å²) < 4.78 is 0. The second-order valence-electron chi connectivity index (χ2n) is 5.71. The number of nitrogens with one attached hydrogen (secondary N) is 1. The van der Waals surface area contributed by atoms with Crippen molar-refractivity contribution in [3.05, 3.63) is 0 Å². The summed E-state index contributed by atoms with van der Waals surface area (Å²) >= 11 is 0. The second-order valence-corrected chi connectivity index (χ2v) is 5.71. The van der Waals surface area contributed by atoms with Gasteiger partial charge < -0.3 is 10.2 Å². The highest BCUT2D eigenvalue weighted by Crippen LogP contribution is 2.30. The number of hydrogen-bond donors (Lipinski definition) is 1. The fraction of sp³-hybridized carbons (Fsp3) is 1.00. The fourth-order valence-electron chi connectivity index (χ4n) is 3.13. The Labute approximate surface area is 101 Å². The average molecular weight is 224 g/mol. The minimum Gasteiger partial charge on any atom is -0.314 e. The van der Waals surface area contributed by atoms with E-state index >= 15 is 0 Å². The molecule has 0 saturated heterocycles. The molecule has 0 aromatic heterocycles. The molecule has 0 aliphatic heterocycles. The Balaban J connectivity index is 1.67. The van der Waals surface area contributed by atoms with Crippen molar-refractivity contribution < 1.29 is 0 Å². The van der Waals surface area contributed by atoms with Gasteiger partial charge in [-0.1, -0.05) is 13.3 Å². The number of rotatable bonds is 5. The third-order valence-corrected chi connectivity index (χ3v) is 4.61. The molecule has 0 aromatic carbocycles. The predicted octanol–water partition coefficient (Wildman–Crippen LogP) is 2.78. The molecular weight excluding hydrogens is 196 g/mol. The number of hydrogen-bond acceptors (Lipinski definition) is 2. The van der Waals surface area contributed by atoms with Crippen LogP contribution in [0.2, 0.25) is 0 Å². The molecule has 0 atom stereocenters. The molecular formula is C14H28N2. The summed E-state index contributed by atoms with van der Waals surface area (Å²) in [6.07, 6.45) is 11.2. The Morgan fingerprint density at radius 1 is 1.00 bits per heavy atom. The topological polar surface area (TPSA) is 15.3 Å². The maximum absolute atomic E-state index is 3.67. The SMILES string of the molecule is CCCNC1CCC(N(C)C2CCC2)CC1. The van der Waals surface area contributed by atoms with E-state index in [9.17, 15) is 0 Å². The minimum absolute atomic E-state index is 0.811. The summed E-state index contributed by atoms with van der Waals surface area (Å²) in [6.45, 7) is 3.46. The monoisotopic (exact) mass is 224 g/mol. The van der Waals surface area contributed by atoms with E-state index in [-0.39, 0.29) is 0 Å². The van der Waals surface area contributed by atoms with Crippen LogP contribution in [0.5, 0.6) is 0 Å². The third-order valence-electron chi connectivity index (χ3n) is 4.61. The zero-order valence-corrected chi connectivity index (χ0v) is 11.0. The van der Waals surface area contributed by atoms with E-state index in [4.69, 9.17) is 0 Å². The van der Waals surface area contributed by atoms with Gasteiger partial charge in [-0.05, 0) is 58.5 Å². The van der Waals surface area contributed by atoms with Crippen LogP contribution in [0.3, 0.4) is 0 Å². The molecule has 16 heavy (non-hydrogen) atoms. The summed E-state index contributed by atoms with van der Waals surface area (Å²) in [5.74, 6) is 0. The zero-order chi connectivity index (χ0) is 11.4. The summed E-state index contributed by atoms with van der Waals surface area (Å²) in [6, 6.07) is 2.61. The predicted molar refractivity (Wildman–Crippen MR) is 69.7 cm³/mol. The first-order chi connectivity index (χ1) is 7.81. The molecule has 0 bridgehead atoms. The molecule has 2 aliphatic rings. The Hall–Kier alpha value is -0.0800. The van der Waals surface area contributed by atoms with Gasteiger partial charge in [0.15, 0.2) is 0 Å². The smallest absolute Gasteiger partial charge is 0.00963 e. The lowest BCUT2D eigenvalue weighted by Crippen LogP contribution is -2.47. The molecule has 2 saturated carbocycles. The summed E-state index contributed by atoms with van der Waals surface area (Å²) in [5, 5.41) is 3.67. The van der Waals surface area contributed by atoms with Crippen LogP contribution in [-0.2, 0) is 0 Å². The lowest BCUT2D eigenvalue weighted by molar-refractivity contribution is 0.0816. The molecule has 2 fully saturated rings. The van der Waals surface area contributed by atoms with Gasteiger partial charge in [0, 0.05) is 18.1 Å². The molecule has 0 spiro atoms. The highest BCUT2D eigenvalue weighted by molar-refractivity contribution is 4.87. The summed E-state index contributed by atoms with van der Waals surface area (Å²) in [7, 11) is 2.36. The Bertz CT molecular complexity index is 193. The van der Waals surface area contributed by atoms with Crippen molar-refractivity contribution >= 4 is 0 Å². The maximum atomic E-state index is 3.67. The van der Waals surface area contributed by atoms with E-state index in [0.717, 1.165) is 18.1 Å². The van der Waals surface area contributed by atoms with Gasteiger partial charge in [-0.15, -0.1) is 0 Å². The van der Waals surface area contributed by atoms with Gasteiger partial charge in [0.25, 0.3) is 0 Å². The summed E-state index contributed by atoms with van der Waals surface area (Å²) in [5.41, 5.74) is 0. The lowest BCUT2D eigenvalue weighted by atomic mass is 9.85. The lowest BCUT2D eigenvalue weighted by Gasteiger charge is -2.43. The third kappa shape index (κ3) is 2.98. The van der Waals surface area contributed by atoms with Crippen LogP contribution in [0.1, 0.15) is 58.3 Å². The normalized spacial score (nSPS) is 31.7. The van der Waals surface area contributed by atoms with Gasteiger partial charge in [-0.2, -0.15) is 0 Å². The quantitative estimate of drug-likeness (QED) is 0.772. The van der Waals surface area contributed by atoms with Crippen LogP contribution in [0.15, 0.2) is 0 Å². The van der Waals surface area contributed by atoms with Crippen LogP contribution in [0.25, 0.3) is 0 Å². The van der Waals surface area contributed by atoms with Crippen molar-refractivity contribution in [2.45, 2.75) is 76.4 Å². The van der Waals surface area contributed by atoms with E-state index in [2.05, 4.69) is 24.2 Å². The fourth-order valence-corrected chi connectivity index (χ4v) is 3.13. The zero-order valence-electron chi connectivity index (χ0n) is 11.0. The van der Waals surface area contributed by atoms with Crippen molar-refractivity contribution in [1.82, 2.24) is 10.2 Å². The van der Waals surface area contributed by atoms with Crippen molar-refractivity contribution in [1.29, 1.82) is 0 Å². The molecule has 0 aromatic rings. The highest BCUT2D eigenvalue weighted by atomic mass is 15.2. The van der Waals surface area contributed by atoms with Crippen LogP contribution in [0, 0.1) is 0 Å². The van der Waals surface area contributed by atoms with Crippen molar-refractivity contribution in [2.24, 2.45) is 0 Å². The van der Waals surface area contributed by atoms with Crippen LogP contribution < -0.4 is 5.32 Å². The van der Waals surface area contributed by atoms with E-state index in [1.165, 1.54) is 57.9 Å². The Morgan fingerprint density at radius 2 is 1.62 bits per heavy atom. The standard InChI is InChI=1S/C14H28N2/c1-3-11-15-12-7-9-14(10-8-12)16(2)13-5-4-6-13/h12-15H,3-11H2,1-2H3. The average Bonchev–Trinajstić information content (AvgIpc) is 2.24. The molecule has 0 amide bonds. The first-order valence-corrected chi connectivity index (χ1v) is 7.26. The summed E-state index contributed by atoms with van der Waals surface area (Å²) in [4.78, 5) is 2.68. The minimum atomic E-state index is 0.811. The largest absolute Gasteiger partial charge is 0.314 e. The van der Waals surface area contributed by atoms with Gasteiger partial charge in [-0.3, -0.25) is 0 Å². The van der Waals surface area contributed by atoms with Gasteiger partial charge in [0.05, 0.1) is 0 Å². The van der Waals surface area contributed by atoms with Crippen molar-refractivity contribution in [3.63, 3.8) is 0 Å². The molecule has 1 N–H and O–H groups in total. The molecule has 2 rings (SSSR count). The molecule has 0 unspecified atom stereocenters. The molecule has 94 valence electrons. The van der Waals surface area contributed by atoms with E-state index in [1.54, 1.807) is 0 Å². The van der Waals surface area contributed by atoms with Crippen LogP contribution in [-0.4, -0.2) is 36.6 Å². The van der Waals surface area contributed by atoms with Gasteiger partial charge >= 0.3 is 0 Å². The van der Waals surface area contributed by atoms with E-state index < -0.39 is 0 Å². The molecule has 0 radical (unpaired) electrons. The maximum Gasteiger partial charge on any atom is 0.00963 e. The molecule has 2 aliphatic carbocycles. The first kappa shape index (κ1) is 12.4. The highest BCUT2D eigenvalue weighted by Gasteiger charge is 2.30. The van der Waals surface area contributed by atoms with Gasteiger partial charge in [0.2, 0.25) is 0 Å². The molecule has 0 heterocycles. The van der Waals surface area contributed by atoms with Crippen molar-refractivity contribution in [2.75, 3.05) is 13.6 Å². The first-order valence-electron chi connectivity index (χ1n) is 7.26. The van der Waals surface area contributed by atoms with Crippen LogP contribution in [0.4, 0.5) is 0 Å². The van der Waals surface area contributed by atoms with Gasteiger partial charge in [-0.25, -0.2) is 0 Å². The van der Waals surface area contributed by atoms with Crippen molar-refractivity contribution in [3.8, 4) is 0 Å². The second kappa shape index (κ2) is 6.02. The molecule has 2 nitrogen and oxygen atoms in total. The van der Waals surface area contributed by atoms with E-state index in [1.807, 2.05) is 0 Å². The Morgan fingerprint density at radius 3 is 2.12 bits per heavy atom. The van der Waals surface area contributed by atoms with E-state index in [0.29, 0.717) is 0 Å².